The van der Waals surface area contributed by atoms with Crippen LogP contribution in [-0.4, -0.2) is 16.9 Å². The van der Waals surface area contributed by atoms with Crippen LogP contribution in [0.15, 0.2) is 179 Å². The van der Waals surface area contributed by atoms with E-state index in [1.807, 2.05) is 18.5 Å². The lowest BCUT2D eigenvalue weighted by Crippen LogP contribution is -2.42. The molecule has 0 bridgehead atoms. The van der Waals surface area contributed by atoms with Crippen molar-refractivity contribution >= 4 is 11.4 Å². The third-order valence-electron chi connectivity index (χ3n) is 10.8. The van der Waals surface area contributed by atoms with Gasteiger partial charge in [0.25, 0.3) is 0 Å². The minimum atomic E-state index is 0.0615. The molecule has 2 aromatic carbocycles. The first-order valence-electron chi connectivity index (χ1n) is 18.3. The Morgan fingerprint density at radius 3 is 2.40 bits per heavy atom. The van der Waals surface area contributed by atoms with E-state index in [-0.39, 0.29) is 12.1 Å². The normalized spacial score (nSPS) is 23.1. The van der Waals surface area contributed by atoms with Crippen LogP contribution >= 0.6 is 0 Å². The number of hydrogen-bond donors (Lipinski definition) is 1. The summed E-state index contributed by atoms with van der Waals surface area (Å²) in [5.41, 5.74) is 14.3. The van der Waals surface area contributed by atoms with Crippen molar-refractivity contribution in [3.63, 3.8) is 0 Å². The van der Waals surface area contributed by atoms with Crippen LogP contribution in [-0.2, 0) is 0 Å². The Hall–Kier alpha value is -5.28. The molecule has 5 aliphatic rings. The zero-order valence-electron chi connectivity index (χ0n) is 28.8. The Kier molecular flexibility index (Phi) is 9.38. The van der Waals surface area contributed by atoms with Gasteiger partial charge in [0.15, 0.2) is 0 Å². The third kappa shape index (κ3) is 6.91. The molecule has 3 atom stereocenters. The lowest BCUT2D eigenvalue weighted by atomic mass is 9.81. The highest BCUT2D eigenvalue weighted by molar-refractivity contribution is 6.00. The van der Waals surface area contributed by atoms with Gasteiger partial charge < -0.3 is 5.32 Å². The molecule has 0 saturated carbocycles. The number of aromatic nitrogens is 1. The fourth-order valence-electron chi connectivity index (χ4n) is 7.99. The molecular formula is C47H45N3. The van der Waals surface area contributed by atoms with E-state index in [1.54, 1.807) is 0 Å². The standard InChI is InChI=1S/C47H45N3/c1-33(43-19-8-9-20-44(43)37-14-6-3-7-15-37)40-16-10-17-41(30-40)46-31-45(38-25-21-36(22-26-38)42-18-11-29-48-32-42)49-47(50-46)39-27-23-35(24-28-39)34-12-4-2-5-13-34/h2-4,6-9,11-12,14,17-23,25-27,29-30,32,37,45-46H,1,5,10,13,15-16,24,28,31H2,(H,49,50). The molecule has 3 aromatic rings. The number of aliphatic imine (C=N–C) groups is 1. The second-order valence-corrected chi connectivity index (χ2v) is 14.0. The predicted molar refractivity (Wildman–Crippen MR) is 210 cm³/mol. The van der Waals surface area contributed by atoms with Crippen LogP contribution in [0.25, 0.3) is 16.7 Å². The van der Waals surface area contributed by atoms with Gasteiger partial charge in [-0.3, -0.25) is 9.98 Å². The van der Waals surface area contributed by atoms with Gasteiger partial charge in [0.05, 0.1) is 12.1 Å². The molecular weight excluding hydrogens is 607 g/mol. The summed E-state index contributed by atoms with van der Waals surface area (Å²) in [5.74, 6) is 1.43. The summed E-state index contributed by atoms with van der Waals surface area (Å²) in [5, 5.41) is 3.95. The van der Waals surface area contributed by atoms with E-state index >= 15 is 0 Å². The molecule has 50 heavy (non-hydrogen) atoms. The molecule has 0 saturated heterocycles. The molecule has 3 nitrogen and oxygen atoms in total. The van der Waals surface area contributed by atoms with Crippen molar-refractivity contribution in [1.29, 1.82) is 0 Å². The van der Waals surface area contributed by atoms with Gasteiger partial charge in [-0.15, -0.1) is 0 Å². The van der Waals surface area contributed by atoms with E-state index in [1.165, 1.54) is 50.1 Å². The lowest BCUT2D eigenvalue weighted by Gasteiger charge is -2.34. The van der Waals surface area contributed by atoms with Crippen LogP contribution in [0.3, 0.4) is 0 Å². The molecule has 1 N–H and O–H groups in total. The Morgan fingerprint density at radius 1 is 0.760 bits per heavy atom. The Labute approximate surface area is 297 Å². The van der Waals surface area contributed by atoms with Gasteiger partial charge in [0, 0.05) is 18.3 Å². The van der Waals surface area contributed by atoms with E-state index in [0.29, 0.717) is 5.92 Å². The van der Waals surface area contributed by atoms with Crippen LogP contribution in [0.2, 0.25) is 0 Å². The number of nitrogens with zero attached hydrogens (tertiary/aromatic N) is 2. The van der Waals surface area contributed by atoms with Crippen molar-refractivity contribution in [2.24, 2.45) is 4.99 Å². The average Bonchev–Trinajstić information content (AvgIpc) is 3.21. The third-order valence-corrected chi connectivity index (χ3v) is 10.8. The van der Waals surface area contributed by atoms with Crippen LogP contribution < -0.4 is 5.32 Å². The molecule has 3 heteroatoms. The number of hydrogen-bond acceptors (Lipinski definition) is 3. The number of rotatable bonds is 8. The van der Waals surface area contributed by atoms with Crippen LogP contribution in [0.1, 0.15) is 80.0 Å². The van der Waals surface area contributed by atoms with Crippen molar-refractivity contribution in [3.8, 4) is 11.1 Å². The van der Waals surface area contributed by atoms with Gasteiger partial charge >= 0.3 is 0 Å². The summed E-state index contributed by atoms with van der Waals surface area (Å²) >= 11 is 0. The molecule has 0 amide bonds. The molecule has 2 heterocycles. The highest BCUT2D eigenvalue weighted by Crippen LogP contribution is 2.39. The van der Waals surface area contributed by atoms with Gasteiger partial charge in [0.1, 0.15) is 5.84 Å². The molecule has 8 rings (SSSR count). The van der Waals surface area contributed by atoms with E-state index in [4.69, 9.17) is 11.6 Å². The maximum atomic E-state index is 5.42. The highest BCUT2D eigenvalue weighted by Gasteiger charge is 2.30. The second-order valence-electron chi connectivity index (χ2n) is 14.0. The molecule has 0 spiro atoms. The first-order valence-corrected chi connectivity index (χ1v) is 18.3. The summed E-state index contributed by atoms with van der Waals surface area (Å²) in [6, 6.07) is 22.1. The van der Waals surface area contributed by atoms with Gasteiger partial charge in [-0.05, 0) is 119 Å². The summed E-state index contributed by atoms with van der Waals surface area (Å²) in [7, 11) is 0. The van der Waals surface area contributed by atoms with Crippen molar-refractivity contribution in [2.75, 3.05) is 0 Å². The lowest BCUT2D eigenvalue weighted by molar-refractivity contribution is 0.520. The van der Waals surface area contributed by atoms with Gasteiger partial charge in [-0.2, -0.15) is 0 Å². The number of benzene rings is 2. The number of allylic oxidation sites excluding steroid dienone is 14. The quantitative estimate of drug-likeness (QED) is 0.263. The Morgan fingerprint density at radius 2 is 1.62 bits per heavy atom. The maximum absolute atomic E-state index is 5.42. The molecule has 1 aromatic heterocycles. The SMILES string of the molecule is C=C(C1=CC(C2CC(c3ccc(-c4cccnc4)cc3)N=C(C3=CC=C(C4=CC=CCC4)CC3)N2)=CCC1)c1ccccc1C1C=CC=CC1. The highest BCUT2D eigenvalue weighted by atomic mass is 15.1. The minimum absolute atomic E-state index is 0.0615. The number of pyridine rings is 1. The first-order chi connectivity index (χ1) is 24.7. The Balaban J connectivity index is 1.09. The maximum Gasteiger partial charge on any atom is 0.125 e. The van der Waals surface area contributed by atoms with E-state index in [9.17, 15) is 0 Å². The van der Waals surface area contributed by atoms with Gasteiger partial charge in [0.2, 0.25) is 0 Å². The summed E-state index contributed by atoms with van der Waals surface area (Å²) in [6.07, 6.45) is 37.2. The average molecular weight is 652 g/mol. The molecule has 1 aliphatic heterocycles. The molecule has 3 unspecified atom stereocenters. The summed E-state index contributed by atoms with van der Waals surface area (Å²) in [6.45, 7) is 4.70. The van der Waals surface area contributed by atoms with Crippen LogP contribution in [0.5, 0.6) is 0 Å². The van der Waals surface area contributed by atoms with Crippen molar-refractivity contribution in [2.45, 2.75) is 69.4 Å². The predicted octanol–water partition coefficient (Wildman–Crippen LogP) is 11.4. The zero-order valence-corrected chi connectivity index (χ0v) is 28.8. The Bertz CT molecular complexity index is 2040. The van der Waals surface area contributed by atoms with Gasteiger partial charge in [-0.25, -0.2) is 0 Å². The van der Waals surface area contributed by atoms with E-state index < -0.39 is 0 Å². The van der Waals surface area contributed by atoms with Gasteiger partial charge in [-0.1, -0.05) is 128 Å². The van der Waals surface area contributed by atoms with Crippen molar-refractivity contribution < 1.29 is 0 Å². The van der Waals surface area contributed by atoms with Crippen LogP contribution in [0.4, 0.5) is 0 Å². The van der Waals surface area contributed by atoms with E-state index in [0.717, 1.165) is 68.3 Å². The second kappa shape index (κ2) is 14.7. The van der Waals surface area contributed by atoms with Crippen molar-refractivity contribution in [3.05, 3.63) is 191 Å². The molecule has 248 valence electrons. The number of nitrogens with one attached hydrogen (secondary N) is 1. The fraction of sp³-hybridized carbons (Fsp3) is 0.234. The van der Waals surface area contributed by atoms with Crippen molar-refractivity contribution in [1.82, 2.24) is 10.3 Å². The summed E-state index contributed by atoms with van der Waals surface area (Å²) in [4.78, 5) is 9.74. The zero-order chi connectivity index (χ0) is 33.7. The topological polar surface area (TPSA) is 37.3 Å². The van der Waals surface area contributed by atoms with Crippen LogP contribution in [0, 0.1) is 0 Å². The molecule has 0 fully saturated rings. The first kappa shape index (κ1) is 32.0. The van der Waals surface area contributed by atoms with E-state index in [2.05, 4.69) is 132 Å². The summed E-state index contributed by atoms with van der Waals surface area (Å²) < 4.78 is 0. The molecule has 4 aliphatic carbocycles. The largest absolute Gasteiger partial charge is 0.363 e. The molecule has 0 radical (unpaired) electrons. The smallest absolute Gasteiger partial charge is 0.125 e. The minimum Gasteiger partial charge on any atom is -0.363 e. The number of amidine groups is 1. The monoisotopic (exact) mass is 651 g/mol. The fourth-order valence-corrected chi connectivity index (χ4v) is 7.99.